The molecular weight excluding hydrogens is 466 g/mol. The standard InChI is InChI=1S/C27H24ClN3O4/c1-4-31-27(33)24(26(32)29-20-16-21(34-2)19(28)15-22(20)35-3)23(17-11-7-5-8-12-17)25(30-31)18-13-9-6-10-14-18/h5-16H,4H2,1-3H3,(H,29,32). The van der Waals surface area contributed by atoms with Gasteiger partial charge in [-0.3, -0.25) is 9.59 Å². The minimum Gasteiger partial charge on any atom is -0.495 e. The SMILES string of the molecule is CCn1nc(-c2ccccc2)c(-c2ccccc2)c(C(=O)Nc2cc(OC)c(Cl)cc2OC)c1=O. The first-order valence-corrected chi connectivity index (χ1v) is 11.3. The number of halogens is 1. The molecule has 0 fully saturated rings. The number of aromatic nitrogens is 2. The second-order valence-electron chi connectivity index (χ2n) is 7.59. The number of hydrogen-bond acceptors (Lipinski definition) is 5. The maximum absolute atomic E-state index is 13.8. The first-order valence-electron chi connectivity index (χ1n) is 11.0. The van der Waals surface area contributed by atoms with E-state index in [1.54, 1.807) is 19.1 Å². The van der Waals surface area contributed by atoms with Gasteiger partial charge >= 0.3 is 0 Å². The average Bonchev–Trinajstić information content (AvgIpc) is 2.89. The van der Waals surface area contributed by atoms with Crippen LogP contribution in [0.1, 0.15) is 17.3 Å². The second kappa shape index (κ2) is 10.4. The molecule has 8 heteroatoms. The smallest absolute Gasteiger partial charge is 0.280 e. The summed E-state index contributed by atoms with van der Waals surface area (Å²) in [5, 5.41) is 7.77. The lowest BCUT2D eigenvalue weighted by Gasteiger charge is -2.18. The number of anilines is 1. The number of nitrogens with one attached hydrogen (secondary N) is 1. The molecule has 0 bridgehead atoms. The van der Waals surface area contributed by atoms with Crippen LogP contribution in [0.15, 0.2) is 77.6 Å². The largest absolute Gasteiger partial charge is 0.495 e. The van der Waals surface area contributed by atoms with Gasteiger partial charge in [0.15, 0.2) is 0 Å². The van der Waals surface area contributed by atoms with Crippen LogP contribution >= 0.6 is 11.6 Å². The molecule has 1 N–H and O–H groups in total. The van der Waals surface area contributed by atoms with Crippen LogP contribution in [0.5, 0.6) is 11.5 Å². The van der Waals surface area contributed by atoms with Crippen molar-refractivity contribution in [3.05, 3.63) is 93.7 Å². The number of hydrogen-bond donors (Lipinski definition) is 1. The van der Waals surface area contributed by atoms with E-state index in [1.165, 1.54) is 18.9 Å². The van der Waals surface area contributed by atoms with Crippen LogP contribution in [0.3, 0.4) is 0 Å². The Hall–Kier alpha value is -4.10. The number of nitrogens with zero attached hydrogens (tertiary/aromatic N) is 2. The lowest BCUT2D eigenvalue weighted by molar-refractivity contribution is 0.102. The van der Waals surface area contributed by atoms with Crippen molar-refractivity contribution in [1.29, 1.82) is 0 Å². The normalized spacial score (nSPS) is 10.6. The van der Waals surface area contributed by atoms with E-state index in [0.717, 1.165) is 5.56 Å². The monoisotopic (exact) mass is 489 g/mol. The molecule has 0 spiro atoms. The summed E-state index contributed by atoms with van der Waals surface area (Å²) in [5.41, 5.74) is 2.26. The van der Waals surface area contributed by atoms with Crippen LogP contribution in [0.2, 0.25) is 5.02 Å². The molecule has 1 aromatic heterocycles. The zero-order chi connectivity index (χ0) is 24.9. The van der Waals surface area contributed by atoms with Crippen molar-refractivity contribution in [2.45, 2.75) is 13.5 Å². The summed E-state index contributed by atoms with van der Waals surface area (Å²) in [6.45, 7) is 2.10. The van der Waals surface area contributed by atoms with Crippen molar-refractivity contribution >= 4 is 23.2 Å². The Balaban J connectivity index is 1.97. The Morgan fingerprint density at radius 3 is 2.11 bits per heavy atom. The van der Waals surface area contributed by atoms with Crippen LogP contribution < -0.4 is 20.3 Å². The number of amides is 1. The van der Waals surface area contributed by atoms with Gasteiger partial charge in [0.1, 0.15) is 17.1 Å². The molecule has 4 aromatic rings. The van der Waals surface area contributed by atoms with Gasteiger partial charge < -0.3 is 14.8 Å². The van der Waals surface area contributed by atoms with Gasteiger partial charge in [0.25, 0.3) is 11.5 Å². The minimum absolute atomic E-state index is 0.0251. The summed E-state index contributed by atoms with van der Waals surface area (Å²) in [6.07, 6.45) is 0. The zero-order valence-corrected chi connectivity index (χ0v) is 20.3. The number of aryl methyl sites for hydroxylation is 1. The molecule has 35 heavy (non-hydrogen) atoms. The van der Waals surface area contributed by atoms with Crippen LogP contribution in [0.4, 0.5) is 5.69 Å². The molecule has 7 nitrogen and oxygen atoms in total. The van der Waals surface area contributed by atoms with Crippen LogP contribution in [-0.2, 0) is 6.54 Å². The molecule has 1 heterocycles. The van der Waals surface area contributed by atoms with E-state index in [9.17, 15) is 9.59 Å². The minimum atomic E-state index is -0.599. The highest BCUT2D eigenvalue weighted by atomic mass is 35.5. The van der Waals surface area contributed by atoms with Crippen molar-refractivity contribution in [2.24, 2.45) is 0 Å². The van der Waals surface area contributed by atoms with Gasteiger partial charge in [0.05, 0.1) is 30.6 Å². The van der Waals surface area contributed by atoms with Gasteiger partial charge in [-0.25, -0.2) is 4.68 Å². The van der Waals surface area contributed by atoms with Crippen molar-refractivity contribution in [3.63, 3.8) is 0 Å². The molecule has 3 aromatic carbocycles. The topological polar surface area (TPSA) is 82.5 Å². The summed E-state index contributed by atoms with van der Waals surface area (Å²) >= 11 is 6.21. The fourth-order valence-corrected chi connectivity index (χ4v) is 4.05. The van der Waals surface area contributed by atoms with Crippen molar-refractivity contribution in [2.75, 3.05) is 19.5 Å². The van der Waals surface area contributed by atoms with E-state index in [2.05, 4.69) is 10.4 Å². The van der Waals surface area contributed by atoms with Gasteiger partial charge in [-0.05, 0) is 12.5 Å². The van der Waals surface area contributed by atoms with Gasteiger partial charge in [0.2, 0.25) is 0 Å². The van der Waals surface area contributed by atoms with E-state index < -0.39 is 11.5 Å². The molecule has 0 aliphatic carbocycles. The number of carbonyl (C=O) groups is 1. The second-order valence-corrected chi connectivity index (χ2v) is 8.00. The van der Waals surface area contributed by atoms with Crippen LogP contribution in [0, 0.1) is 0 Å². The Kier molecular flexibility index (Phi) is 7.17. The third-order valence-electron chi connectivity index (χ3n) is 5.51. The quantitative estimate of drug-likeness (QED) is 0.369. The Bertz CT molecular complexity index is 1420. The zero-order valence-electron chi connectivity index (χ0n) is 19.5. The predicted molar refractivity (Wildman–Crippen MR) is 138 cm³/mol. The van der Waals surface area contributed by atoms with Gasteiger partial charge in [-0.15, -0.1) is 0 Å². The van der Waals surface area contributed by atoms with Gasteiger partial charge in [-0.2, -0.15) is 5.10 Å². The highest BCUT2D eigenvalue weighted by molar-refractivity contribution is 6.32. The first-order chi connectivity index (χ1) is 17.0. The van der Waals surface area contributed by atoms with E-state index in [4.69, 9.17) is 21.1 Å². The van der Waals surface area contributed by atoms with Gasteiger partial charge in [-0.1, -0.05) is 72.3 Å². The van der Waals surface area contributed by atoms with Crippen LogP contribution in [-0.4, -0.2) is 29.9 Å². The summed E-state index contributed by atoms with van der Waals surface area (Å²) in [7, 11) is 2.94. The molecular formula is C27H24ClN3O4. The Labute approximate surface area is 207 Å². The Morgan fingerprint density at radius 1 is 0.943 bits per heavy atom. The average molecular weight is 490 g/mol. The number of ether oxygens (including phenoxy) is 2. The first kappa shape index (κ1) is 24.0. The summed E-state index contributed by atoms with van der Waals surface area (Å²) < 4.78 is 12.0. The van der Waals surface area contributed by atoms with E-state index in [-0.39, 0.29) is 5.56 Å². The lowest BCUT2D eigenvalue weighted by atomic mass is 9.95. The Morgan fingerprint density at radius 2 is 1.54 bits per heavy atom. The maximum atomic E-state index is 13.8. The van der Waals surface area contributed by atoms with Crippen molar-refractivity contribution in [3.8, 4) is 33.9 Å². The molecule has 178 valence electrons. The lowest BCUT2D eigenvalue weighted by Crippen LogP contribution is -2.32. The number of methoxy groups -OCH3 is 2. The van der Waals surface area contributed by atoms with Gasteiger partial charge in [0, 0.05) is 29.8 Å². The van der Waals surface area contributed by atoms with Crippen molar-refractivity contribution in [1.82, 2.24) is 9.78 Å². The summed E-state index contributed by atoms with van der Waals surface area (Å²) in [4.78, 5) is 27.3. The number of rotatable bonds is 7. The number of carbonyl (C=O) groups excluding carboxylic acids is 1. The predicted octanol–water partition coefficient (Wildman–Crippen LogP) is 5.52. The highest BCUT2D eigenvalue weighted by Crippen LogP contribution is 2.37. The molecule has 0 radical (unpaired) electrons. The molecule has 0 saturated carbocycles. The fraction of sp³-hybridized carbons (Fsp3) is 0.148. The molecule has 0 aliphatic rings. The number of benzene rings is 3. The van der Waals surface area contributed by atoms with E-state index in [0.29, 0.717) is 45.6 Å². The molecule has 1 amide bonds. The molecule has 0 unspecified atom stereocenters. The third-order valence-corrected chi connectivity index (χ3v) is 5.81. The maximum Gasteiger partial charge on any atom is 0.280 e. The van der Waals surface area contributed by atoms with Crippen LogP contribution in [0.25, 0.3) is 22.4 Å². The molecule has 0 saturated heterocycles. The summed E-state index contributed by atoms with van der Waals surface area (Å²) in [6, 6.07) is 21.8. The van der Waals surface area contributed by atoms with E-state index in [1.807, 2.05) is 60.7 Å². The van der Waals surface area contributed by atoms with Crippen molar-refractivity contribution < 1.29 is 14.3 Å². The third kappa shape index (κ3) is 4.76. The molecule has 0 aliphatic heterocycles. The fourth-order valence-electron chi connectivity index (χ4n) is 3.82. The molecule has 4 rings (SSSR count). The highest BCUT2D eigenvalue weighted by Gasteiger charge is 2.26. The molecule has 0 atom stereocenters. The summed E-state index contributed by atoms with van der Waals surface area (Å²) in [5.74, 6) is 0.0913. The van der Waals surface area contributed by atoms with E-state index >= 15 is 0 Å².